The van der Waals surface area contributed by atoms with Crippen molar-refractivity contribution in [2.45, 2.75) is 106 Å². The highest BCUT2D eigenvalue weighted by molar-refractivity contribution is 8.11. The van der Waals surface area contributed by atoms with Crippen molar-refractivity contribution in [3.63, 3.8) is 0 Å². The number of halogens is 6. The SMILES string of the molecule is CC(=O)Cl.CC(=O)N1CCN(Cc2cc(F)cc(NC(=O)Nc3ccc(C)nc3)c2)CC1.CN(C)S(=O)(=O)Cl.Cc1ccc(NC(=O)Nc2cc(F)cc(CN3CCCCC3)c2)cn1.Cc1ccc(NC(=O)Nc2cc(F)cc(CN3CCCCC3)c2)cn1.Cc1ccc(NC(=O)Nc2cc(F)cc(CN3CCN(S(C)(=O)=O)CC3)c2)cn1. The van der Waals surface area contributed by atoms with E-state index in [4.69, 9.17) is 10.7 Å². The second-order valence-corrected chi connectivity index (χ2v) is 33.8. The number of likely N-dealkylation sites (tertiary alicyclic amines) is 2. The Bertz CT molecular complexity index is 4730. The molecular weight excluding hydrogens is 1610 g/mol. The van der Waals surface area contributed by atoms with Gasteiger partial charge in [-0.05, 0) is 235 Å². The lowest BCUT2D eigenvalue weighted by molar-refractivity contribution is -0.130. The van der Waals surface area contributed by atoms with E-state index in [1.807, 2.05) is 52.0 Å². The van der Waals surface area contributed by atoms with E-state index in [2.05, 4.69) is 93.7 Å². The summed E-state index contributed by atoms with van der Waals surface area (Å²) in [5.41, 5.74) is 10.5. The molecule has 4 aromatic heterocycles. The number of nitrogens with one attached hydrogen (secondary N) is 8. The summed E-state index contributed by atoms with van der Waals surface area (Å²) in [5, 5.41) is 21.0. The van der Waals surface area contributed by atoms with Gasteiger partial charge in [0.15, 0.2) is 0 Å². The Balaban J connectivity index is 0.000000208. The molecule has 8 N–H and O–H groups in total. The van der Waals surface area contributed by atoms with E-state index in [1.165, 1.54) is 119 Å². The molecular formula is C81H103Cl2F4N19O10S2. The van der Waals surface area contributed by atoms with Crippen LogP contribution in [-0.2, 0) is 55.0 Å². The molecule has 0 bridgehead atoms. The van der Waals surface area contributed by atoms with E-state index in [0.29, 0.717) is 117 Å². The minimum atomic E-state index is -3.44. The summed E-state index contributed by atoms with van der Waals surface area (Å²) < 4.78 is 101. The van der Waals surface area contributed by atoms with E-state index in [0.717, 1.165) is 83.0 Å². The first-order chi connectivity index (χ1) is 55.9. The average Bonchev–Trinajstić information content (AvgIpc) is 0.826. The van der Waals surface area contributed by atoms with Gasteiger partial charge in [-0.2, -0.15) is 17.0 Å². The minimum absolute atomic E-state index is 0.0756. The molecule has 0 atom stereocenters. The van der Waals surface area contributed by atoms with Crippen LogP contribution in [0.5, 0.6) is 0 Å². The second kappa shape index (κ2) is 47.3. The van der Waals surface area contributed by atoms with Crippen LogP contribution in [0, 0.1) is 51.0 Å². The van der Waals surface area contributed by atoms with E-state index in [9.17, 15) is 63.2 Å². The zero-order valence-corrected chi connectivity index (χ0v) is 70.6. The number of urea groups is 4. The van der Waals surface area contributed by atoms with Gasteiger partial charge in [-0.1, -0.05) is 12.8 Å². The fourth-order valence-electron chi connectivity index (χ4n) is 12.3. The highest BCUT2D eigenvalue weighted by atomic mass is 35.7. The number of amides is 9. The lowest BCUT2D eigenvalue weighted by Gasteiger charge is -2.34. The molecule has 4 aromatic carbocycles. The summed E-state index contributed by atoms with van der Waals surface area (Å²) in [6.07, 6.45) is 14.8. The Morgan fingerprint density at radius 3 is 0.814 bits per heavy atom. The molecule has 0 aliphatic carbocycles. The fourth-order valence-corrected chi connectivity index (χ4v) is 13.1. The van der Waals surface area contributed by atoms with Crippen LogP contribution in [0.4, 0.5) is 82.2 Å². The van der Waals surface area contributed by atoms with Crippen LogP contribution in [0.2, 0.25) is 0 Å². The van der Waals surface area contributed by atoms with Gasteiger partial charge in [0.05, 0.1) is 53.8 Å². The number of nitrogens with zero attached hydrogens (tertiary/aromatic N) is 11. The van der Waals surface area contributed by atoms with Crippen molar-refractivity contribution in [1.29, 1.82) is 0 Å². The van der Waals surface area contributed by atoms with E-state index < -0.39 is 55.0 Å². The van der Waals surface area contributed by atoms with Crippen molar-refractivity contribution in [2.24, 2.45) is 0 Å². The van der Waals surface area contributed by atoms with Crippen LogP contribution < -0.4 is 42.5 Å². The molecule has 0 radical (unpaired) electrons. The highest BCUT2D eigenvalue weighted by Crippen LogP contribution is 2.24. The molecule has 4 saturated heterocycles. The Morgan fingerprint density at radius 2 is 0.602 bits per heavy atom. The van der Waals surface area contributed by atoms with Gasteiger partial charge in [-0.15, -0.1) is 0 Å². The van der Waals surface area contributed by atoms with Crippen molar-refractivity contribution in [3.8, 4) is 0 Å². The van der Waals surface area contributed by atoms with Crippen molar-refractivity contribution in [2.75, 3.05) is 141 Å². The molecule has 636 valence electrons. The van der Waals surface area contributed by atoms with Gasteiger partial charge in [0.1, 0.15) is 23.3 Å². The number of aromatic nitrogens is 4. The van der Waals surface area contributed by atoms with Gasteiger partial charge in [-0.25, -0.2) is 45.2 Å². The number of carbonyl (C=O) groups excluding carboxylic acids is 6. The number of aryl methyl sites for hydroxylation is 4. The molecule has 118 heavy (non-hydrogen) atoms. The second-order valence-electron chi connectivity index (χ2n) is 28.6. The summed E-state index contributed by atoms with van der Waals surface area (Å²) in [6.45, 7) is 21.7. The Morgan fingerprint density at radius 1 is 0.373 bits per heavy atom. The third kappa shape index (κ3) is 36.7. The molecule has 29 nitrogen and oxygen atoms in total. The summed E-state index contributed by atoms with van der Waals surface area (Å²) >= 11 is 4.64. The molecule has 9 amide bonds. The normalized spacial score (nSPS) is 14.7. The van der Waals surface area contributed by atoms with Gasteiger partial charge in [0, 0.05) is 163 Å². The Kier molecular flexibility index (Phi) is 38.0. The standard InChI is InChI=1S/C20H24FN5O2.C19H24FN5O3S.2C19H23FN4O.C2H6ClNO2S.C2H3ClO/c1-14-3-4-18(12-22-14)23-20(28)24-19-10-16(9-17(21)11-19)13-25-5-7-26(8-6-25)15(2)27;1-14-3-4-17(12-21-14)22-19(26)23-18-10-15(9-16(20)11-18)13-24-5-7-25(8-6-24)29(2,27)28;2*1-14-5-6-17(12-21-14)22-19(25)23-18-10-15(9-16(20)11-18)13-24-7-3-2-4-8-24;1-4(2)7(3,5)6;1-2(3)4/h3-4,9-12H,5-8,13H2,1-2H3,(H2,23,24,28);3-4,9-12H,5-8,13H2,1-2H3,(H2,22,23,26);2*5-6,9-12H,2-4,7-8,13H2,1H3,(H2,22,23,25);1-2H3;1H3. The number of sulfonamides is 1. The summed E-state index contributed by atoms with van der Waals surface area (Å²) in [7, 11) is 0.868. The predicted octanol–water partition coefficient (Wildman–Crippen LogP) is 14.2. The summed E-state index contributed by atoms with van der Waals surface area (Å²) in [4.78, 5) is 96.3. The summed E-state index contributed by atoms with van der Waals surface area (Å²) in [6, 6.07) is 30.7. The van der Waals surface area contributed by atoms with Crippen LogP contribution in [0.3, 0.4) is 0 Å². The van der Waals surface area contributed by atoms with Gasteiger partial charge >= 0.3 is 24.1 Å². The Labute approximate surface area is 696 Å². The van der Waals surface area contributed by atoms with E-state index in [-0.39, 0.29) is 22.8 Å². The fraction of sp³-hybridized carbons (Fsp3) is 0.383. The van der Waals surface area contributed by atoms with Gasteiger partial charge in [0.2, 0.25) is 21.2 Å². The quantitative estimate of drug-likeness (QED) is 0.0292. The van der Waals surface area contributed by atoms with E-state index >= 15 is 0 Å². The number of rotatable bonds is 18. The molecule has 4 fully saturated rings. The van der Waals surface area contributed by atoms with Crippen LogP contribution >= 0.6 is 22.3 Å². The maximum Gasteiger partial charge on any atom is 0.323 e. The van der Waals surface area contributed by atoms with Crippen LogP contribution in [0.1, 0.15) is 97.4 Å². The van der Waals surface area contributed by atoms with Crippen molar-refractivity contribution in [1.82, 2.24) is 53.0 Å². The predicted molar refractivity (Wildman–Crippen MR) is 455 cm³/mol. The van der Waals surface area contributed by atoms with Gasteiger partial charge in [0.25, 0.3) is 9.24 Å². The van der Waals surface area contributed by atoms with Crippen molar-refractivity contribution in [3.05, 3.63) is 214 Å². The summed E-state index contributed by atoms with van der Waals surface area (Å²) in [5.74, 6) is -1.48. The first-order valence-corrected chi connectivity index (χ1v) is 42.5. The van der Waals surface area contributed by atoms with Crippen LogP contribution in [0.25, 0.3) is 0 Å². The lowest BCUT2D eigenvalue weighted by Crippen LogP contribution is -2.47. The number of carbonyl (C=O) groups is 6. The van der Waals surface area contributed by atoms with Crippen LogP contribution in [-0.4, -0.2) is 204 Å². The molecule has 8 aromatic rings. The molecule has 12 rings (SSSR count). The number of anilines is 8. The van der Waals surface area contributed by atoms with E-state index in [1.54, 1.807) is 85.1 Å². The topological polar surface area (TPSA) is 341 Å². The monoisotopic (exact) mass is 1710 g/mol. The van der Waals surface area contributed by atoms with Crippen molar-refractivity contribution >= 4 is 122 Å². The molecule has 8 heterocycles. The smallest absolute Gasteiger partial charge is 0.323 e. The molecule has 0 saturated carbocycles. The number of piperidine rings is 2. The molecule has 4 aliphatic rings. The van der Waals surface area contributed by atoms with Crippen molar-refractivity contribution < 1.29 is 63.2 Å². The first-order valence-electron chi connectivity index (χ1n) is 38.0. The maximum atomic E-state index is 14.0. The number of hydrogen-bond donors (Lipinski definition) is 8. The lowest BCUT2D eigenvalue weighted by atomic mass is 10.1. The molecule has 4 aliphatic heterocycles. The minimum Gasteiger partial charge on any atom is -0.340 e. The zero-order valence-electron chi connectivity index (χ0n) is 67.5. The third-order valence-electron chi connectivity index (χ3n) is 18.1. The van der Waals surface area contributed by atoms with Gasteiger partial charge in [-0.3, -0.25) is 49.1 Å². The molecule has 0 spiro atoms. The Hall–Kier alpha value is -10.3. The third-order valence-corrected chi connectivity index (χ3v) is 21.1. The molecule has 37 heteroatoms. The van der Waals surface area contributed by atoms with Crippen LogP contribution in [0.15, 0.2) is 146 Å². The maximum absolute atomic E-state index is 14.0. The molecule has 0 unspecified atom stereocenters. The first kappa shape index (κ1) is 94.8. The number of benzene rings is 4. The largest absolute Gasteiger partial charge is 0.340 e. The number of hydrogen-bond acceptors (Lipinski definition) is 18. The highest BCUT2D eigenvalue weighted by Gasteiger charge is 2.25. The number of piperazine rings is 2. The number of pyridine rings is 4. The zero-order chi connectivity index (χ0) is 86.1. The average molecular weight is 1710 g/mol. The van der Waals surface area contributed by atoms with Gasteiger partial charge < -0.3 is 47.4 Å².